The first-order valence-electron chi connectivity index (χ1n) is 3.12. The Kier molecular flexibility index (Phi) is 1.68. The number of aromatic nitrogens is 2. The fourth-order valence-electron chi connectivity index (χ4n) is 0.854. The molecule has 0 fully saturated rings. The molecular formula is C7H2ClN3S. The van der Waals surface area contributed by atoms with Crippen LogP contribution in [-0.4, -0.2) is 9.97 Å². The zero-order valence-electron chi connectivity index (χ0n) is 5.78. The van der Waals surface area contributed by atoms with Gasteiger partial charge in [-0.3, -0.25) is 0 Å². The van der Waals surface area contributed by atoms with Crippen LogP contribution in [-0.2, 0) is 0 Å². The smallest absolute Gasteiger partial charge is 0.186 e. The van der Waals surface area contributed by atoms with Gasteiger partial charge in [-0.15, -0.1) is 11.3 Å². The van der Waals surface area contributed by atoms with Crippen molar-refractivity contribution in [2.75, 3.05) is 0 Å². The molecule has 3 nitrogen and oxygen atoms in total. The molecule has 0 aromatic carbocycles. The number of thiazole rings is 1. The molecule has 0 saturated heterocycles. The van der Waals surface area contributed by atoms with E-state index in [-0.39, 0.29) is 0 Å². The highest BCUT2D eigenvalue weighted by Gasteiger charge is 2.02. The number of nitrogens with zero attached hydrogens (tertiary/aromatic N) is 3. The lowest BCUT2D eigenvalue weighted by Crippen LogP contribution is -1.78. The number of fused-ring (bicyclic) bond motifs is 1. The summed E-state index contributed by atoms with van der Waals surface area (Å²) in [7, 11) is 0. The molecule has 0 aliphatic heterocycles. The van der Waals surface area contributed by atoms with Gasteiger partial charge in [0.1, 0.15) is 6.07 Å². The van der Waals surface area contributed by atoms with Gasteiger partial charge in [-0.2, -0.15) is 5.26 Å². The summed E-state index contributed by atoms with van der Waals surface area (Å²) in [5.74, 6) is 0. The Balaban J connectivity index is 2.77. The van der Waals surface area contributed by atoms with Crippen LogP contribution in [0.4, 0.5) is 0 Å². The van der Waals surface area contributed by atoms with E-state index >= 15 is 0 Å². The van der Waals surface area contributed by atoms with Gasteiger partial charge in [0.15, 0.2) is 10.1 Å². The van der Waals surface area contributed by atoms with Crippen LogP contribution in [0.3, 0.4) is 0 Å². The SMILES string of the molecule is N#Cc1cnc2nc(Cl)sc2c1. The average Bonchev–Trinajstić information content (AvgIpc) is 2.43. The van der Waals surface area contributed by atoms with E-state index in [1.807, 2.05) is 6.07 Å². The fourth-order valence-corrected chi connectivity index (χ4v) is 1.87. The molecule has 0 spiro atoms. The molecule has 0 saturated carbocycles. The normalized spacial score (nSPS) is 10.0. The number of nitriles is 1. The first-order valence-corrected chi connectivity index (χ1v) is 4.31. The lowest BCUT2D eigenvalue weighted by Gasteiger charge is -1.85. The summed E-state index contributed by atoms with van der Waals surface area (Å²) in [6.45, 7) is 0. The molecule has 2 rings (SSSR count). The third-order valence-corrected chi connectivity index (χ3v) is 2.45. The Hall–Kier alpha value is -1.18. The molecule has 0 amide bonds. The Labute approximate surface area is 77.3 Å². The summed E-state index contributed by atoms with van der Waals surface area (Å²) in [4.78, 5) is 7.92. The monoisotopic (exact) mass is 195 g/mol. The Bertz CT molecular complexity index is 471. The molecule has 58 valence electrons. The van der Waals surface area contributed by atoms with Gasteiger partial charge < -0.3 is 0 Å². The van der Waals surface area contributed by atoms with Crippen molar-refractivity contribution in [1.29, 1.82) is 5.26 Å². The van der Waals surface area contributed by atoms with Crippen molar-refractivity contribution in [2.45, 2.75) is 0 Å². The molecule has 2 heterocycles. The molecule has 0 radical (unpaired) electrons. The van der Waals surface area contributed by atoms with Crippen LogP contribution in [0.5, 0.6) is 0 Å². The molecule has 2 aromatic rings. The standard InChI is InChI=1S/C7H2ClN3S/c8-7-11-6-5(12-7)1-4(2-9)3-10-6/h1,3H. The summed E-state index contributed by atoms with van der Waals surface area (Å²) in [5, 5.41) is 8.57. The minimum atomic E-state index is 0.451. The first-order chi connectivity index (χ1) is 5.79. The van der Waals surface area contributed by atoms with E-state index in [9.17, 15) is 0 Å². The lowest BCUT2D eigenvalue weighted by molar-refractivity contribution is 1.31. The second kappa shape index (κ2) is 2.70. The maximum absolute atomic E-state index is 8.57. The van der Waals surface area contributed by atoms with E-state index in [1.54, 1.807) is 6.07 Å². The van der Waals surface area contributed by atoms with Crippen molar-refractivity contribution in [1.82, 2.24) is 9.97 Å². The summed E-state index contributed by atoms with van der Waals surface area (Å²) in [6, 6.07) is 3.73. The molecule has 0 bridgehead atoms. The highest BCUT2D eigenvalue weighted by molar-refractivity contribution is 7.22. The number of hydrogen-bond donors (Lipinski definition) is 0. The van der Waals surface area contributed by atoms with Crippen molar-refractivity contribution in [3.05, 3.63) is 22.3 Å². The van der Waals surface area contributed by atoms with Crippen LogP contribution < -0.4 is 0 Å². The number of hydrogen-bond acceptors (Lipinski definition) is 4. The van der Waals surface area contributed by atoms with Crippen molar-refractivity contribution in [3.8, 4) is 6.07 Å². The van der Waals surface area contributed by atoms with E-state index in [0.717, 1.165) is 4.70 Å². The fraction of sp³-hybridized carbons (Fsp3) is 0. The van der Waals surface area contributed by atoms with Gasteiger partial charge in [0, 0.05) is 6.20 Å². The molecule has 0 aliphatic carbocycles. The quantitative estimate of drug-likeness (QED) is 0.648. The predicted octanol–water partition coefficient (Wildman–Crippen LogP) is 2.22. The van der Waals surface area contributed by atoms with Crippen molar-refractivity contribution in [2.24, 2.45) is 0 Å². The maximum atomic E-state index is 8.57. The van der Waals surface area contributed by atoms with Gasteiger partial charge in [0.25, 0.3) is 0 Å². The van der Waals surface area contributed by atoms with Crippen LogP contribution in [0.15, 0.2) is 12.3 Å². The van der Waals surface area contributed by atoms with E-state index in [0.29, 0.717) is 15.7 Å². The lowest BCUT2D eigenvalue weighted by atomic mass is 10.3. The third-order valence-electron chi connectivity index (χ3n) is 1.35. The van der Waals surface area contributed by atoms with Crippen LogP contribution >= 0.6 is 22.9 Å². The average molecular weight is 196 g/mol. The van der Waals surface area contributed by atoms with Gasteiger partial charge in [0.05, 0.1) is 10.3 Å². The summed E-state index contributed by atoms with van der Waals surface area (Å²) in [5.41, 5.74) is 1.13. The van der Waals surface area contributed by atoms with Gasteiger partial charge in [-0.1, -0.05) is 11.6 Å². The number of rotatable bonds is 0. The van der Waals surface area contributed by atoms with E-state index in [1.165, 1.54) is 17.5 Å². The van der Waals surface area contributed by atoms with Crippen molar-refractivity contribution < 1.29 is 0 Å². The zero-order chi connectivity index (χ0) is 8.55. The molecule has 5 heteroatoms. The topological polar surface area (TPSA) is 49.6 Å². The molecule has 2 aromatic heterocycles. The molecule has 0 aliphatic rings. The Morgan fingerprint density at radius 3 is 3.17 bits per heavy atom. The first kappa shape index (κ1) is 7.47. The molecule has 0 atom stereocenters. The largest absolute Gasteiger partial charge is 0.234 e. The van der Waals surface area contributed by atoms with Gasteiger partial charge in [-0.05, 0) is 6.07 Å². The molecule has 0 unspecified atom stereocenters. The number of halogens is 1. The van der Waals surface area contributed by atoms with Crippen LogP contribution in [0.1, 0.15) is 5.56 Å². The zero-order valence-corrected chi connectivity index (χ0v) is 7.35. The molecular weight excluding hydrogens is 194 g/mol. The highest BCUT2D eigenvalue weighted by atomic mass is 35.5. The van der Waals surface area contributed by atoms with Crippen molar-refractivity contribution >= 4 is 33.3 Å². The van der Waals surface area contributed by atoms with E-state index in [4.69, 9.17) is 16.9 Å². The van der Waals surface area contributed by atoms with Crippen molar-refractivity contribution in [3.63, 3.8) is 0 Å². The van der Waals surface area contributed by atoms with Crippen LogP contribution in [0.25, 0.3) is 10.3 Å². The third kappa shape index (κ3) is 1.13. The second-order valence-corrected chi connectivity index (χ2v) is 3.74. The highest BCUT2D eigenvalue weighted by Crippen LogP contribution is 2.24. The van der Waals surface area contributed by atoms with Gasteiger partial charge in [0.2, 0.25) is 0 Å². The number of pyridine rings is 1. The van der Waals surface area contributed by atoms with Crippen LogP contribution in [0, 0.1) is 11.3 Å². The second-order valence-electron chi connectivity index (χ2n) is 2.12. The van der Waals surface area contributed by atoms with Crippen LogP contribution in [0.2, 0.25) is 4.47 Å². The van der Waals surface area contributed by atoms with Gasteiger partial charge >= 0.3 is 0 Å². The Morgan fingerprint density at radius 2 is 2.42 bits per heavy atom. The van der Waals surface area contributed by atoms with Gasteiger partial charge in [-0.25, -0.2) is 9.97 Å². The van der Waals surface area contributed by atoms with E-state index in [2.05, 4.69) is 9.97 Å². The molecule has 0 N–H and O–H groups in total. The van der Waals surface area contributed by atoms with E-state index < -0.39 is 0 Å². The summed E-state index contributed by atoms with van der Waals surface area (Å²) in [6.07, 6.45) is 1.48. The minimum Gasteiger partial charge on any atom is -0.234 e. The summed E-state index contributed by atoms with van der Waals surface area (Å²) < 4.78 is 1.30. The molecule has 12 heavy (non-hydrogen) atoms. The maximum Gasteiger partial charge on any atom is 0.186 e. The predicted molar refractivity (Wildman–Crippen MR) is 47.1 cm³/mol. The minimum absolute atomic E-state index is 0.451. The Morgan fingerprint density at radius 1 is 1.58 bits per heavy atom. The summed E-state index contributed by atoms with van der Waals surface area (Å²) >= 11 is 6.99.